The van der Waals surface area contributed by atoms with Crippen LogP contribution in [0, 0.1) is 0 Å². The van der Waals surface area contributed by atoms with Gasteiger partial charge < -0.3 is 8.98 Å². The topological polar surface area (TPSA) is 18.1 Å². The third-order valence-corrected chi connectivity index (χ3v) is 9.21. The highest BCUT2D eigenvalue weighted by Gasteiger charge is 2.15. The lowest BCUT2D eigenvalue weighted by Gasteiger charge is -2.08. The van der Waals surface area contributed by atoms with E-state index >= 15 is 0 Å². The van der Waals surface area contributed by atoms with Crippen LogP contribution in [0.2, 0.25) is 0 Å². The van der Waals surface area contributed by atoms with Crippen molar-refractivity contribution in [1.82, 2.24) is 4.57 Å². The number of hydrogen-bond acceptors (Lipinski definition) is 2. The van der Waals surface area contributed by atoms with Crippen LogP contribution in [0.25, 0.3) is 80.7 Å². The van der Waals surface area contributed by atoms with E-state index < -0.39 is 0 Å². The zero-order chi connectivity index (χ0) is 25.5. The van der Waals surface area contributed by atoms with Crippen LogP contribution in [-0.4, -0.2) is 4.57 Å². The van der Waals surface area contributed by atoms with E-state index in [1.807, 2.05) is 23.5 Å². The van der Waals surface area contributed by atoms with Crippen LogP contribution in [0.1, 0.15) is 0 Å². The lowest BCUT2D eigenvalue weighted by Crippen LogP contribution is -1.92. The van der Waals surface area contributed by atoms with Gasteiger partial charge in [0.1, 0.15) is 11.2 Å². The first-order chi connectivity index (χ1) is 19.3. The second kappa shape index (κ2) is 7.83. The second-order valence-corrected chi connectivity index (χ2v) is 11.2. The van der Waals surface area contributed by atoms with Gasteiger partial charge in [-0.1, -0.05) is 84.9 Å². The van der Waals surface area contributed by atoms with Crippen LogP contribution in [0.4, 0.5) is 0 Å². The van der Waals surface area contributed by atoms with Crippen LogP contribution < -0.4 is 0 Å². The van der Waals surface area contributed by atoms with Crippen LogP contribution in [0.3, 0.4) is 0 Å². The summed E-state index contributed by atoms with van der Waals surface area (Å²) in [5, 5.41) is 7.49. The Labute approximate surface area is 227 Å². The van der Waals surface area contributed by atoms with Crippen molar-refractivity contribution in [1.29, 1.82) is 0 Å². The average molecular weight is 516 g/mol. The fourth-order valence-electron chi connectivity index (χ4n) is 6.25. The van der Waals surface area contributed by atoms with Crippen LogP contribution >= 0.6 is 11.3 Å². The molecule has 0 saturated heterocycles. The second-order valence-electron chi connectivity index (χ2n) is 10.1. The van der Waals surface area contributed by atoms with E-state index in [-0.39, 0.29) is 0 Å². The number of fused-ring (bicyclic) bond motifs is 9. The summed E-state index contributed by atoms with van der Waals surface area (Å²) in [5.41, 5.74) is 7.95. The van der Waals surface area contributed by atoms with Crippen molar-refractivity contribution in [3.8, 4) is 16.8 Å². The number of aromatic nitrogens is 1. The van der Waals surface area contributed by atoms with Crippen LogP contribution in [-0.2, 0) is 0 Å². The number of para-hydroxylation sites is 3. The molecular formula is C36H21NOS. The molecule has 0 radical (unpaired) electrons. The Bertz CT molecular complexity index is 2350. The fourth-order valence-corrected chi connectivity index (χ4v) is 7.52. The number of rotatable bonds is 2. The summed E-state index contributed by atoms with van der Waals surface area (Å²) in [6.07, 6.45) is 0. The van der Waals surface area contributed by atoms with E-state index in [2.05, 4.69) is 120 Å². The monoisotopic (exact) mass is 515 g/mol. The molecule has 0 spiro atoms. The van der Waals surface area contributed by atoms with Gasteiger partial charge in [0.05, 0.1) is 11.0 Å². The first-order valence-electron chi connectivity index (χ1n) is 13.2. The summed E-state index contributed by atoms with van der Waals surface area (Å²) in [6, 6.07) is 45.8. The lowest BCUT2D eigenvalue weighted by atomic mass is 10.0. The highest BCUT2D eigenvalue weighted by Crippen LogP contribution is 2.42. The largest absolute Gasteiger partial charge is 0.456 e. The molecule has 9 rings (SSSR count). The average Bonchev–Trinajstić information content (AvgIpc) is 3.65. The Morgan fingerprint density at radius 1 is 0.487 bits per heavy atom. The SMILES string of the molecule is c1ccc2c(c1)oc1cc(-c3cccc4c3sc3cc(-n5c6ccccc6c6ccccc65)ccc34)ccc12. The molecule has 0 atom stereocenters. The molecule has 0 saturated carbocycles. The standard InChI is InChI=1S/C36H21NOS/c1-4-13-31-25(8-1)26-9-2-5-14-32(26)37(31)23-17-19-29-30-12-7-11-24(36(30)39-35(29)21-23)22-16-18-28-27-10-3-6-15-33(27)38-34(28)20-22/h1-21H. The summed E-state index contributed by atoms with van der Waals surface area (Å²) in [5.74, 6) is 0. The van der Waals surface area contributed by atoms with Crippen LogP contribution in [0.5, 0.6) is 0 Å². The number of furan rings is 1. The smallest absolute Gasteiger partial charge is 0.136 e. The highest BCUT2D eigenvalue weighted by molar-refractivity contribution is 7.26. The van der Waals surface area contributed by atoms with Gasteiger partial charge in [0.15, 0.2) is 0 Å². The zero-order valence-electron chi connectivity index (χ0n) is 20.9. The minimum atomic E-state index is 0.931. The van der Waals surface area contributed by atoms with Crippen molar-refractivity contribution in [3.05, 3.63) is 127 Å². The van der Waals surface area contributed by atoms with E-state index in [9.17, 15) is 0 Å². The molecule has 3 aromatic heterocycles. The van der Waals surface area contributed by atoms with E-state index in [0.717, 1.165) is 21.9 Å². The summed E-state index contributed by atoms with van der Waals surface area (Å²) in [7, 11) is 0. The molecule has 0 aliphatic carbocycles. The summed E-state index contributed by atoms with van der Waals surface area (Å²) in [6.45, 7) is 0. The Morgan fingerprint density at radius 3 is 1.97 bits per heavy atom. The minimum Gasteiger partial charge on any atom is -0.456 e. The molecule has 182 valence electrons. The molecule has 0 aliphatic rings. The van der Waals surface area contributed by atoms with E-state index in [4.69, 9.17) is 4.42 Å². The maximum absolute atomic E-state index is 6.21. The number of nitrogens with zero attached hydrogens (tertiary/aromatic N) is 1. The Hall–Kier alpha value is -4.86. The van der Waals surface area contributed by atoms with E-state index in [0.29, 0.717) is 0 Å². The summed E-state index contributed by atoms with van der Waals surface area (Å²) >= 11 is 1.87. The fraction of sp³-hybridized carbons (Fsp3) is 0. The molecule has 39 heavy (non-hydrogen) atoms. The highest BCUT2D eigenvalue weighted by atomic mass is 32.1. The van der Waals surface area contributed by atoms with E-state index in [1.165, 1.54) is 58.8 Å². The van der Waals surface area contributed by atoms with Gasteiger partial charge in [0.2, 0.25) is 0 Å². The van der Waals surface area contributed by atoms with Gasteiger partial charge in [0, 0.05) is 47.4 Å². The number of thiophene rings is 1. The molecule has 3 heterocycles. The van der Waals surface area contributed by atoms with Gasteiger partial charge in [-0.3, -0.25) is 0 Å². The Kier molecular flexibility index (Phi) is 4.24. The Balaban J connectivity index is 1.26. The predicted molar refractivity (Wildman–Crippen MR) is 166 cm³/mol. The normalized spacial score (nSPS) is 12.1. The maximum Gasteiger partial charge on any atom is 0.136 e. The molecule has 9 aromatic rings. The van der Waals surface area contributed by atoms with Gasteiger partial charge >= 0.3 is 0 Å². The summed E-state index contributed by atoms with van der Waals surface area (Å²) < 4.78 is 11.2. The molecular weight excluding hydrogens is 494 g/mol. The minimum absolute atomic E-state index is 0.931. The number of benzene rings is 6. The molecule has 0 unspecified atom stereocenters. The summed E-state index contributed by atoms with van der Waals surface area (Å²) in [4.78, 5) is 0. The van der Waals surface area contributed by atoms with Gasteiger partial charge in [-0.25, -0.2) is 0 Å². The predicted octanol–water partition coefficient (Wildman–Crippen LogP) is 10.7. The first kappa shape index (κ1) is 21.1. The third kappa shape index (κ3) is 2.96. The molecule has 0 amide bonds. The molecule has 0 aliphatic heterocycles. The van der Waals surface area contributed by atoms with Gasteiger partial charge in [-0.15, -0.1) is 11.3 Å². The zero-order valence-corrected chi connectivity index (χ0v) is 21.7. The van der Waals surface area contributed by atoms with Crippen molar-refractivity contribution < 1.29 is 4.42 Å². The van der Waals surface area contributed by atoms with Gasteiger partial charge in [-0.05, 0) is 53.6 Å². The van der Waals surface area contributed by atoms with Crippen molar-refractivity contribution in [2.24, 2.45) is 0 Å². The number of hydrogen-bond donors (Lipinski definition) is 0. The third-order valence-electron chi connectivity index (χ3n) is 8.01. The van der Waals surface area contributed by atoms with E-state index in [1.54, 1.807) is 0 Å². The molecule has 0 fully saturated rings. The van der Waals surface area contributed by atoms with Crippen molar-refractivity contribution >= 4 is 75.3 Å². The van der Waals surface area contributed by atoms with Crippen molar-refractivity contribution in [2.75, 3.05) is 0 Å². The first-order valence-corrected chi connectivity index (χ1v) is 14.0. The Morgan fingerprint density at radius 2 is 1.15 bits per heavy atom. The van der Waals surface area contributed by atoms with Crippen LogP contribution in [0.15, 0.2) is 132 Å². The van der Waals surface area contributed by atoms with Gasteiger partial charge in [0.25, 0.3) is 0 Å². The van der Waals surface area contributed by atoms with Gasteiger partial charge in [-0.2, -0.15) is 0 Å². The quantitative estimate of drug-likeness (QED) is 0.224. The molecule has 0 bridgehead atoms. The molecule has 6 aromatic carbocycles. The molecule has 3 heteroatoms. The maximum atomic E-state index is 6.21. The molecule has 2 nitrogen and oxygen atoms in total. The lowest BCUT2D eigenvalue weighted by molar-refractivity contribution is 0.669. The molecule has 0 N–H and O–H groups in total. The van der Waals surface area contributed by atoms with Crippen molar-refractivity contribution in [2.45, 2.75) is 0 Å². The van der Waals surface area contributed by atoms with Crippen molar-refractivity contribution in [3.63, 3.8) is 0 Å².